The number of nitrogens with one attached hydrogen (secondary N) is 2. The molecule has 3 heterocycles. The summed E-state index contributed by atoms with van der Waals surface area (Å²) in [7, 11) is 0. The van der Waals surface area contributed by atoms with Gasteiger partial charge in [0, 0.05) is 36.1 Å². The molecule has 194 valence electrons. The summed E-state index contributed by atoms with van der Waals surface area (Å²) in [6, 6.07) is 6.56. The van der Waals surface area contributed by atoms with Crippen molar-refractivity contribution < 1.29 is 22.7 Å². The predicted molar refractivity (Wildman–Crippen MR) is 127 cm³/mol. The number of carbonyl (C=O) groups excluding carboxylic acids is 1. The average Bonchev–Trinajstić information content (AvgIpc) is 3.13. The van der Waals surface area contributed by atoms with E-state index in [1.165, 1.54) is 0 Å². The van der Waals surface area contributed by atoms with Crippen LogP contribution in [0.4, 0.5) is 23.8 Å². The van der Waals surface area contributed by atoms with Gasteiger partial charge in [-0.25, -0.2) is 14.4 Å². The van der Waals surface area contributed by atoms with Crippen molar-refractivity contribution in [1.29, 1.82) is 0 Å². The van der Waals surface area contributed by atoms with E-state index in [1.807, 2.05) is 5.10 Å². The minimum absolute atomic E-state index is 0.0730. The highest BCUT2D eigenvalue weighted by molar-refractivity contribution is 6.31. The number of ether oxygens (including phenoxy) is 1. The first kappa shape index (κ1) is 25.8. The van der Waals surface area contributed by atoms with Crippen LogP contribution in [0, 0.1) is 0 Å². The van der Waals surface area contributed by atoms with Crippen LogP contribution < -0.4 is 15.8 Å². The second-order valence-electron chi connectivity index (χ2n) is 9.64. The Hall–Kier alpha value is -3.28. The maximum atomic E-state index is 13.7. The molecule has 1 aliphatic heterocycles. The first-order valence-corrected chi connectivity index (χ1v) is 11.8. The van der Waals surface area contributed by atoms with Crippen LogP contribution in [0.5, 0.6) is 0 Å². The Labute approximate surface area is 209 Å². The minimum atomic E-state index is -4.85. The molecule has 9 nitrogen and oxygen atoms in total. The number of amides is 1. The molecule has 0 unspecified atom stereocenters. The zero-order valence-corrected chi connectivity index (χ0v) is 20.7. The van der Waals surface area contributed by atoms with Crippen molar-refractivity contribution in [2.45, 2.75) is 57.9 Å². The van der Waals surface area contributed by atoms with Gasteiger partial charge in [0.15, 0.2) is 5.82 Å². The van der Waals surface area contributed by atoms with E-state index in [1.54, 1.807) is 49.9 Å². The van der Waals surface area contributed by atoms with Crippen molar-refractivity contribution in [3.8, 4) is 0 Å². The predicted octanol–water partition coefficient (Wildman–Crippen LogP) is 4.17. The molecule has 13 heteroatoms. The highest BCUT2D eigenvalue weighted by Crippen LogP contribution is 2.33. The largest absolute Gasteiger partial charge is 0.453 e. The summed E-state index contributed by atoms with van der Waals surface area (Å²) < 4.78 is 47.0. The fourth-order valence-electron chi connectivity index (χ4n) is 4.22. The van der Waals surface area contributed by atoms with Gasteiger partial charge in [0.2, 0.25) is 0 Å². The van der Waals surface area contributed by atoms with Crippen LogP contribution in [-0.2, 0) is 17.3 Å². The van der Waals surface area contributed by atoms with Crippen molar-refractivity contribution in [2.24, 2.45) is 0 Å². The van der Waals surface area contributed by atoms with E-state index >= 15 is 0 Å². The number of carbonyl (C=O) groups is 1. The second kappa shape index (κ2) is 9.64. The molecule has 0 saturated carbocycles. The third kappa shape index (κ3) is 5.58. The third-order valence-electron chi connectivity index (χ3n) is 5.66. The van der Waals surface area contributed by atoms with E-state index in [0.717, 1.165) is 0 Å². The molecule has 1 amide bonds. The first-order chi connectivity index (χ1) is 16.8. The van der Waals surface area contributed by atoms with E-state index < -0.39 is 29.3 Å². The number of fused-ring (bicyclic) bond motifs is 1. The Bertz CT molecular complexity index is 1330. The topological polar surface area (TPSA) is 105 Å². The van der Waals surface area contributed by atoms with Gasteiger partial charge in [-0.15, -0.1) is 10.2 Å². The lowest BCUT2D eigenvalue weighted by Gasteiger charge is -2.34. The molecule has 0 spiro atoms. The second-order valence-corrected chi connectivity index (χ2v) is 10.0. The zero-order valence-electron chi connectivity index (χ0n) is 19.9. The highest BCUT2D eigenvalue weighted by Gasteiger charge is 2.39. The lowest BCUT2D eigenvalue weighted by Crippen LogP contribution is -2.49. The van der Waals surface area contributed by atoms with Gasteiger partial charge < -0.3 is 15.0 Å². The first-order valence-electron chi connectivity index (χ1n) is 11.4. The van der Waals surface area contributed by atoms with Gasteiger partial charge in [0.25, 0.3) is 11.4 Å². The summed E-state index contributed by atoms with van der Waals surface area (Å²) in [5.74, 6) is -1.14. The number of halogens is 4. The van der Waals surface area contributed by atoms with Crippen LogP contribution in [0.3, 0.4) is 0 Å². The molecule has 1 saturated heterocycles. The van der Waals surface area contributed by atoms with Crippen molar-refractivity contribution in [1.82, 2.24) is 25.1 Å². The summed E-state index contributed by atoms with van der Waals surface area (Å²) in [5, 5.41) is 12.6. The summed E-state index contributed by atoms with van der Waals surface area (Å²) >= 11 is 6.33. The molecule has 0 aliphatic carbocycles. The number of piperidine rings is 1. The monoisotopic (exact) mass is 526 g/mol. The van der Waals surface area contributed by atoms with Crippen LogP contribution in [0.1, 0.15) is 50.6 Å². The molecule has 1 fully saturated rings. The van der Waals surface area contributed by atoms with Gasteiger partial charge in [0.1, 0.15) is 11.1 Å². The fraction of sp³-hybridized carbons (Fsp3) is 0.478. The number of aromatic nitrogens is 4. The molecule has 0 bridgehead atoms. The summed E-state index contributed by atoms with van der Waals surface area (Å²) in [4.78, 5) is 26.8. The van der Waals surface area contributed by atoms with Crippen LogP contribution in [0.15, 0.2) is 29.1 Å². The lowest BCUT2D eigenvalue weighted by molar-refractivity contribution is -0.147. The molecule has 1 aromatic carbocycles. The van der Waals surface area contributed by atoms with Crippen LogP contribution in [0.25, 0.3) is 5.52 Å². The maximum absolute atomic E-state index is 13.7. The van der Waals surface area contributed by atoms with Gasteiger partial charge in [-0.1, -0.05) is 29.8 Å². The van der Waals surface area contributed by atoms with Crippen molar-refractivity contribution in [3.05, 3.63) is 56.6 Å². The molecule has 4 rings (SSSR count). The standard InChI is InChI=1S/C23H26ClF3N6O3/c1-22(2,3)36-21(35)28-14-8-6-10-32(12-14)18-15(11-13-7-4-5-9-16(13)24)17-19(34)29-30-20(23(25,26)27)33(17)31-18/h4-5,7,9,14H,6,8,10-12H2,1-3H3,(H,28,35)(H,29,34)/t14-/m1/s1. The fourth-order valence-corrected chi connectivity index (χ4v) is 4.43. The van der Waals surface area contributed by atoms with Gasteiger partial charge in [0.05, 0.1) is 0 Å². The summed E-state index contributed by atoms with van der Waals surface area (Å²) in [5.41, 5.74) is -0.820. The van der Waals surface area contributed by atoms with Crippen LogP contribution >= 0.6 is 11.6 Å². The quantitative estimate of drug-likeness (QED) is 0.528. The molecule has 1 atom stereocenters. The van der Waals surface area contributed by atoms with Gasteiger partial charge in [-0.05, 0) is 45.2 Å². The summed E-state index contributed by atoms with van der Waals surface area (Å²) in [6.45, 7) is 5.99. The Morgan fingerprint density at radius 1 is 1.28 bits per heavy atom. The number of hydrogen-bond acceptors (Lipinski definition) is 6. The third-order valence-corrected chi connectivity index (χ3v) is 6.03. The van der Waals surface area contributed by atoms with Crippen LogP contribution in [-0.4, -0.2) is 50.6 Å². The smallest absolute Gasteiger partial charge is 0.444 e. The van der Waals surface area contributed by atoms with Gasteiger partial charge >= 0.3 is 12.3 Å². The molecule has 0 radical (unpaired) electrons. The lowest BCUT2D eigenvalue weighted by atomic mass is 10.0. The molecule has 2 N–H and O–H groups in total. The molecular formula is C23H26ClF3N6O3. The maximum Gasteiger partial charge on any atom is 0.453 e. The number of nitrogens with zero attached hydrogens (tertiary/aromatic N) is 4. The van der Waals surface area contributed by atoms with Crippen molar-refractivity contribution >= 4 is 29.0 Å². The number of hydrogen-bond donors (Lipinski definition) is 2. The van der Waals surface area contributed by atoms with Crippen LogP contribution in [0.2, 0.25) is 5.02 Å². The minimum Gasteiger partial charge on any atom is -0.444 e. The van der Waals surface area contributed by atoms with E-state index in [0.29, 0.717) is 34.5 Å². The number of benzene rings is 1. The normalized spacial score (nSPS) is 16.9. The number of anilines is 1. The Morgan fingerprint density at radius 3 is 2.67 bits per heavy atom. The zero-order chi connectivity index (χ0) is 26.3. The van der Waals surface area contributed by atoms with Crippen molar-refractivity contribution in [3.63, 3.8) is 0 Å². The summed E-state index contributed by atoms with van der Waals surface area (Å²) in [6.07, 6.45) is -4.07. The number of rotatable bonds is 4. The Balaban J connectivity index is 1.77. The van der Waals surface area contributed by atoms with E-state index in [-0.39, 0.29) is 35.9 Å². The molecule has 36 heavy (non-hydrogen) atoms. The number of alkyl halides is 3. The number of aromatic amines is 1. The van der Waals surface area contributed by atoms with Crippen molar-refractivity contribution in [2.75, 3.05) is 18.0 Å². The highest BCUT2D eigenvalue weighted by atomic mass is 35.5. The molecule has 3 aromatic rings. The Morgan fingerprint density at radius 2 is 2.00 bits per heavy atom. The average molecular weight is 527 g/mol. The van der Waals surface area contributed by atoms with E-state index in [4.69, 9.17) is 16.3 Å². The Kier molecular flexibility index (Phi) is 6.91. The molecule has 2 aromatic heterocycles. The van der Waals surface area contributed by atoms with Gasteiger partial charge in [-0.3, -0.25) is 4.79 Å². The number of H-pyrrole nitrogens is 1. The number of alkyl carbamates (subject to hydrolysis) is 1. The SMILES string of the molecule is CC(C)(C)OC(=O)N[C@@H]1CCCN(c2nn3c(C(F)(F)F)n[nH]c(=O)c3c2Cc2ccccc2Cl)C1. The van der Waals surface area contributed by atoms with E-state index in [2.05, 4.69) is 15.5 Å². The van der Waals surface area contributed by atoms with E-state index in [9.17, 15) is 22.8 Å². The molecule has 1 aliphatic rings. The molecular weight excluding hydrogens is 501 g/mol. The van der Waals surface area contributed by atoms with Gasteiger partial charge in [-0.2, -0.15) is 13.2 Å².